The second-order valence-electron chi connectivity index (χ2n) is 7.84. The highest BCUT2D eigenvalue weighted by molar-refractivity contribution is 5.95. The van der Waals surface area contributed by atoms with Gasteiger partial charge in [-0.2, -0.15) is 5.10 Å². The van der Waals surface area contributed by atoms with Gasteiger partial charge in [0.15, 0.2) is 11.6 Å². The molecule has 1 aliphatic heterocycles. The van der Waals surface area contributed by atoms with E-state index in [-0.39, 0.29) is 5.91 Å². The molecular formula is C25H25N7O. The van der Waals surface area contributed by atoms with Crippen molar-refractivity contribution in [3.63, 3.8) is 0 Å². The van der Waals surface area contributed by atoms with E-state index in [4.69, 9.17) is 4.98 Å². The smallest absolute Gasteiger partial charge is 0.257 e. The number of pyridine rings is 1. The molecule has 4 heterocycles. The third-order valence-electron chi connectivity index (χ3n) is 5.86. The number of nitrogens with zero attached hydrogens (tertiary/aromatic N) is 7. The quantitative estimate of drug-likeness (QED) is 0.475. The van der Waals surface area contributed by atoms with Crippen LogP contribution in [0.5, 0.6) is 0 Å². The highest BCUT2D eigenvalue weighted by atomic mass is 16.2. The zero-order chi connectivity index (χ0) is 22.6. The molecule has 1 aliphatic rings. The maximum atomic E-state index is 13.3. The van der Waals surface area contributed by atoms with Crippen LogP contribution in [0.15, 0.2) is 73.2 Å². The highest BCUT2D eigenvalue weighted by Crippen LogP contribution is 2.21. The molecule has 33 heavy (non-hydrogen) atoms. The maximum absolute atomic E-state index is 13.3. The Morgan fingerprint density at radius 3 is 2.39 bits per heavy atom. The minimum Gasteiger partial charge on any atom is -0.353 e. The summed E-state index contributed by atoms with van der Waals surface area (Å²) in [6, 6.07) is 17.6. The summed E-state index contributed by atoms with van der Waals surface area (Å²) >= 11 is 0. The van der Waals surface area contributed by atoms with E-state index in [2.05, 4.69) is 20.0 Å². The number of aromatic nitrogens is 5. The van der Waals surface area contributed by atoms with Crippen LogP contribution < -0.4 is 4.90 Å². The lowest BCUT2D eigenvalue weighted by Gasteiger charge is -2.35. The normalized spacial score (nSPS) is 13.8. The molecule has 1 fully saturated rings. The van der Waals surface area contributed by atoms with Crippen LogP contribution in [-0.2, 0) is 6.42 Å². The fourth-order valence-corrected chi connectivity index (χ4v) is 4.13. The number of amides is 1. The molecule has 0 N–H and O–H groups in total. The Balaban J connectivity index is 1.29. The van der Waals surface area contributed by atoms with Crippen LogP contribution in [0.2, 0.25) is 0 Å². The first-order chi connectivity index (χ1) is 16.2. The average Bonchev–Trinajstić information content (AvgIpc) is 3.34. The molecule has 4 aromatic rings. The summed E-state index contributed by atoms with van der Waals surface area (Å²) in [5.74, 6) is 2.33. The molecule has 3 aromatic heterocycles. The molecule has 1 amide bonds. The topological polar surface area (TPSA) is 80.0 Å². The van der Waals surface area contributed by atoms with E-state index in [0.29, 0.717) is 44.0 Å². The Labute approximate surface area is 192 Å². The number of piperazine rings is 1. The number of benzene rings is 1. The monoisotopic (exact) mass is 439 g/mol. The number of hydrogen-bond acceptors (Lipinski definition) is 6. The average molecular weight is 440 g/mol. The molecule has 0 unspecified atom stereocenters. The van der Waals surface area contributed by atoms with Gasteiger partial charge >= 0.3 is 0 Å². The molecular weight excluding hydrogens is 414 g/mol. The zero-order valence-corrected chi connectivity index (χ0v) is 18.5. The van der Waals surface area contributed by atoms with E-state index in [1.165, 1.54) is 0 Å². The van der Waals surface area contributed by atoms with Gasteiger partial charge in [0.2, 0.25) is 0 Å². The molecule has 5 rings (SSSR count). The van der Waals surface area contributed by atoms with Crippen molar-refractivity contribution in [3.8, 4) is 17.2 Å². The van der Waals surface area contributed by atoms with Crippen LogP contribution in [0.1, 0.15) is 23.0 Å². The third kappa shape index (κ3) is 4.19. The Hall–Kier alpha value is -4.07. The standard InChI is InChI=1S/C25H25N7O/c1-2-21-20(18-28-32(21)22-10-6-7-12-26-22)25(33)31-16-14-30(15-17-31)23-11-13-27-24(29-23)19-8-4-3-5-9-19/h3-13,18H,2,14-17H2,1H3. The van der Waals surface area contributed by atoms with Crippen molar-refractivity contribution in [1.29, 1.82) is 0 Å². The van der Waals surface area contributed by atoms with Crippen LogP contribution in [-0.4, -0.2) is 61.7 Å². The van der Waals surface area contributed by atoms with Crippen molar-refractivity contribution in [2.45, 2.75) is 13.3 Å². The first-order valence-corrected chi connectivity index (χ1v) is 11.2. The van der Waals surface area contributed by atoms with Gasteiger partial charge in [0.05, 0.1) is 17.5 Å². The second-order valence-corrected chi connectivity index (χ2v) is 7.84. The van der Waals surface area contributed by atoms with Gasteiger partial charge in [0, 0.05) is 44.1 Å². The highest BCUT2D eigenvalue weighted by Gasteiger charge is 2.26. The summed E-state index contributed by atoms with van der Waals surface area (Å²) in [6.45, 7) is 4.72. The van der Waals surface area contributed by atoms with E-state index >= 15 is 0 Å². The van der Waals surface area contributed by atoms with E-state index in [9.17, 15) is 4.79 Å². The van der Waals surface area contributed by atoms with Crippen LogP contribution in [0.4, 0.5) is 5.82 Å². The van der Waals surface area contributed by atoms with Crippen LogP contribution in [0.25, 0.3) is 17.2 Å². The third-order valence-corrected chi connectivity index (χ3v) is 5.86. The van der Waals surface area contributed by atoms with Crippen LogP contribution >= 0.6 is 0 Å². The molecule has 8 nitrogen and oxygen atoms in total. The van der Waals surface area contributed by atoms with Crippen molar-refractivity contribution in [3.05, 3.63) is 84.4 Å². The summed E-state index contributed by atoms with van der Waals surface area (Å²) in [5, 5.41) is 4.45. The molecule has 0 atom stereocenters. The fraction of sp³-hybridized carbons (Fsp3) is 0.240. The molecule has 0 spiro atoms. The summed E-state index contributed by atoms with van der Waals surface area (Å²) in [6.07, 6.45) is 5.88. The first kappa shape index (κ1) is 20.8. The summed E-state index contributed by atoms with van der Waals surface area (Å²) in [5.41, 5.74) is 2.51. The van der Waals surface area contributed by atoms with Crippen molar-refractivity contribution in [2.75, 3.05) is 31.1 Å². The zero-order valence-electron chi connectivity index (χ0n) is 18.5. The van der Waals surface area contributed by atoms with Crippen molar-refractivity contribution in [1.82, 2.24) is 29.6 Å². The van der Waals surface area contributed by atoms with E-state index < -0.39 is 0 Å². The number of anilines is 1. The molecule has 166 valence electrons. The van der Waals surface area contributed by atoms with Crippen LogP contribution in [0, 0.1) is 0 Å². The van der Waals surface area contributed by atoms with Crippen molar-refractivity contribution >= 4 is 11.7 Å². The largest absolute Gasteiger partial charge is 0.353 e. The fourth-order valence-electron chi connectivity index (χ4n) is 4.13. The van der Waals surface area contributed by atoms with Gasteiger partial charge in [-0.05, 0) is 24.6 Å². The number of rotatable bonds is 5. The molecule has 0 aliphatic carbocycles. The van der Waals surface area contributed by atoms with E-state index in [1.807, 2.05) is 66.4 Å². The van der Waals surface area contributed by atoms with Gasteiger partial charge in [-0.25, -0.2) is 19.6 Å². The van der Waals surface area contributed by atoms with Crippen molar-refractivity contribution < 1.29 is 4.79 Å². The predicted molar refractivity (Wildman–Crippen MR) is 126 cm³/mol. The van der Waals surface area contributed by atoms with E-state index in [0.717, 1.165) is 22.9 Å². The Morgan fingerprint density at radius 1 is 0.879 bits per heavy atom. The first-order valence-electron chi connectivity index (χ1n) is 11.2. The molecule has 0 radical (unpaired) electrons. The lowest BCUT2D eigenvalue weighted by molar-refractivity contribution is 0.0745. The molecule has 0 saturated carbocycles. The molecule has 1 saturated heterocycles. The summed E-state index contributed by atoms with van der Waals surface area (Å²) in [4.78, 5) is 31.0. The van der Waals surface area contributed by atoms with Gasteiger partial charge in [-0.3, -0.25) is 4.79 Å². The molecule has 0 bridgehead atoms. The second kappa shape index (κ2) is 9.20. The number of hydrogen-bond donors (Lipinski definition) is 0. The van der Waals surface area contributed by atoms with E-state index in [1.54, 1.807) is 23.3 Å². The Morgan fingerprint density at radius 2 is 1.67 bits per heavy atom. The van der Waals surface area contributed by atoms with Gasteiger partial charge in [0.25, 0.3) is 5.91 Å². The minimum atomic E-state index is 0.0151. The molecule has 8 heteroatoms. The van der Waals surface area contributed by atoms with Crippen molar-refractivity contribution in [2.24, 2.45) is 0 Å². The van der Waals surface area contributed by atoms with Gasteiger partial charge in [0.1, 0.15) is 5.82 Å². The Kier molecular flexibility index (Phi) is 5.80. The number of carbonyl (C=O) groups is 1. The molecule has 1 aromatic carbocycles. The Bertz CT molecular complexity index is 1230. The van der Waals surface area contributed by atoms with Gasteiger partial charge in [-0.15, -0.1) is 0 Å². The van der Waals surface area contributed by atoms with Crippen LogP contribution in [0.3, 0.4) is 0 Å². The van der Waals surface area contributed by atoms with Gasteiger partial charge < -0.3 is 9.80 Å². The SMILES string of the molecule is CCc1c(C(=O)N2CCN(c3ccnc(-c4ccccc4)n3)CC2)cnn1-c1ccccn1. The lowest BCUT2D eigenvalue weighted by Crippen LogP contribution is -2.49. The minimum absolute atomic E-state index is 0.0151. The number of carbonyl (C=O) groups excluding carboxylic acids is 1. The predicted octanol–water partition coefficient (Wildman–Crippen LogP) is 3.25. The van der Waals surface area contributed by atoms with Gasteiger partial charge in [-0.1, -0.05) is 43.3 Å². The maximum Gasteiger partial charge on any atom is 0.257 e. The lowest BCUT2D eigenvalue weighted by atomic mass is 10.1. The summed E-state index contributed by atoms with van der Waals surface area (Å²) < 4.78 is 1.76. The summed E-state index contributed by atoms with van der Waals surface area (Å²) in [7, 11) is 0.